The van der Waals surface area contributed by atoms with E-state index in [9.17, 15) is 13.2 Å². The first-order valence-corrected chi connectivity index (χ1v) is 4.66. The first-order valence-electron chi connectivity index (χ1n) is 2.81. The lowest BCUT2D eigenvalue weighted by Crippen LogP contribution is -2.19. The highest BCUT2D eigenvalue weighted by molar-refractivity contribution is 7.88. The van der Waals surface area contributed by atoms with Gasteiger partial charge < -0.3 is 5.73 Å². The fraction of sp³-hybridized carbons (Fsp3) is 0.800. The van der Waals surface area contributed by atoms with Crippen molar-refractivity contribution >= 4 is 15.9 Å². The lowest BCUT2D eigenvalue weighted by atomic mass is 10.8. The average Bonchev–Trinajstić information content (AvgIpc) is 1.59. The van der Waals surface area contributed by atoms with Gasteiger partial charge in [-0.1, -0.05) is 0 Å². The Labute approximate surface area is 67.2 Å². The maximum atomic E-state index is 10.3. The molecular formula is C5H14N2O3S. The summed E-state index contributed by atoms with van der Waals surface area (Å²) < 4.78 is 21.7. The number of nitrogens with zero attached hydrogens (tertiary/aromatic N) is 1. The Kier molecular flexibility index (Phi) is 6.01. The molecule has 2 N–H and O–H groups in total. The van der Waals surface area contributed by atoms with Gasteiger partial charge in [-0.25, -0.2) is 12.7 Å². The molecule has 0 saturated carbocycles. The number of carbonyl (C=O) groups is 1. The Bertz CT molecular complexity index is 204. The normalized spacial score (nSPS) is 10.3. The van der Waals surface area contributed by atoms with E-state index in [2.05, 4.69) is 5.73 Å². The van der Waals surface area contributed by atoms with E-state index >= 15 is 0 Å². The molecule has 0 atom stereocenters. The second-order valence-electron chi connectivity index (χ2n) is 2.16. The van der Waals surface area contributed by atoms with Crippen molar-refractivity contribution in [3.8, 4) is 0 Å². The molecule has 0 bridgehead atoms. The molecule has 5 nitrogen and oxygen atoms in total. The standard InChI is InChI=1S/C3H9NO2S.C2H5NO/c1-4(2)7(3,5)6;1-2(3)4/h1-3H3;1H3,(H2,3,4). The highest BCUT2D eigenvalue weighted by Crippen LogP contribution is 1.82. The zero-order valence-electron chi connectivity index (χ0n) is 7.16. The molecule has 0 radical (unpaired) electrons. The number of hydrogen-bond donors (Lipinski definition) is 1. The van der Waals surface area contributed by atoms with Crippen LogP contribution >= 0.6 is 0 Å². The van der Waals surface area contributed by atoms with Gasteiger partial charge in [-0.2, -0.15) is 0 Å². The summed E-state index contributed by atoms with van der Waals surface area (Å²) in [6.45, 7) is 1.31. The van der Waals surface area contributed by atoms with Gasteiger partial charge in [0, 0.05) is 21.0 Å². The first kappa shape index (κ1) is 13.0. The van der Waals surface area contributed by atoms with E-state index in [1.807, 2.05) is 0 Å². The van der Waals surface area contributed by atoms with Crippen LogP contribution in [-0.4, -0.2) is 39.0 Å². The highest BCUT2D eigenvalue weighted by Gasteiger charge is 2.00. The lowest BCUT2D eigenvalue weighted by molar-refractivity contribution is -0.115. The fourth-order valence-corrected chi connectivity index (χ4v) is 0. The monoisotopic (exact) mass is 182 g/mol. The topological polar surface area (TPSA) is 80.5 Å². The number of hydrogen-bond acceptors (Lipinski definition) is 3. The second-order valence-corrected chi connectivity index (χ2v) is 4.35. The molecule has 0 heterocycles. The minimum atomic E-state index is -2.91. The Morgan fingerprint density at radius 1 is 1.36 bits per heavy atom. The fourth-order valence-electron chi connectivity index (χ4n) is 0. The van der Waals surface area contributed by atoms with Crippen molar-refractivity contribution in [1.82, 2.24) is 4.31 Å². The number of rotatable bonds is 1. The van der Waals surface area contributed by atoms with Crippen LogP contribution in [0, 0.1) is 0 Å². The molecule has 0 aliphatic rings. The Balaban J connectivity index is 0. The maximum Gasteiger partial charge on any atom is 0.214 e. The van der Waals surface area contributed by atoms with Crippen molar-refractivity contribution in [1.29, 1.82) is 0 Å². The second kappa shape index (κ2) is 5.09. The van der Waals surface area contributed by atoms with Gasteiger partial charge in [0.25, 0.3) is 0 Å². The molecule has 0 aromatic heterocycles. The Hall–Kier alpha value is -0.620. The third-order valence-electron chi connectivity index (χ3n) is 0.663. The minimum absolute atomic E-state index is 0.333. The van der Waals surface area contributed by atoms with Crippen molar-refractivity contribution in [2.45, 2.75) is 6.92 Å². The summed E-state index contributed by atoms with van der Waals surface area (Å²) in [5.41, 5.74) is 4.47. The van der Waals surface area contributed by atoms with Crippen LogP contribution in [0.5, 0.6) is 0 Å². The summed E-state index contributed by atoms with van der Waals surface area (Å²) >= 11 is 0. The molecule has 0 aromatic carbocycles. The van der Waals surface area contributed by atoms with Crippen LogP contribution in [-0.2, 0) is 14.8 Å². The van der Waals surface area contributed by atoms with Crippen molar-refractivity contribution in [2.75, 3.05) is 20.4 Å². The van der Waals surface area contributed by atoms with Gasteiger partial charge in [-0.15, -0.1) is 0 Å². The van der Waals surface area contributed by atoms with Gasteiger partial charge >= 0.3 is 0 Å². The summed E-state index contributed by atoms with van der Waals surface area (Å²) in [6.07, 6.45) is 1.16. The van der Waals surface area contributed by atoms with Crippen LogP contribution < -0.4 is 5.73 Å². The zero-order valence-corrected chi connectivity index (χ0v) is 7.97. The Morgan fingerprint density at radius 2 is 1.45 bits per heavy atom. The van der Waals surface area contributed by atoms with E-state index in [0.29, 0.717) is 0 Å². The van der Waals surface area contributed by atoms with Crippen LogP contribution in [0.3, 0.4) is 0 Å². The molecule has 0 aromatic rings. The highest BCUT2D eigenvalue weighted by atomic mass is 32.2. The number of amides is 1. The van der Waals surface area contributed by atoms with Gasteiger partial charge in [0.1, 0.15) is 0 Å². The molecule has 0 saturated heterocycles. The molecule has 0 fully saturated rings. The summed E-state index contributed by atoms with van der Waals surface area (Å²) in [5, 5.41) is 0. The van der Waals surface area contributed by atoms with Gasteiger partial charge in [0.05, 0.1) is 6.26 Å². The molecule has 0 aliphatic heterocycles. The van der Waals surface area contributed by atoms with Crippen molar-refractivity contribution < 1.29 is 13.2 Å². The predicted octanol–water partition coefficient (Wildman–Crippen LogP) is -1.00. The van der Waals surface area contributed by atoms with Gasteiger partial charge in [0.2, 0.25) is 15.9 Å². The molecule has 0 rings (SSSR count). The molecule has 11 heavy (non-hydrogen) atoms. The third-order valence-corrected chi connectivity index (χ3v) is 1.99. The van der Waals surface area contributed by atoms with Crippen molar-refractivity contribution in [2.24, 2.45) is 5.73 Å². The van der Waals surface area contributed by atoms with E-state index in [-0.39, 0.29) is 5.91 Å². The van der Waals surface area contributed by atoms with Crippen LogP contribution in [0.15, 0.2) is 0 Å². The average molecular weight is 182 g/mol. The quantitative estimate of drug-likeness (QED) is 0.564. The largest absolute Gasteiger partial charge is 0.370 e. The third kappa shape index (κ3) is 17.7. The SMILES string of the molecule is CC(N)=O.CN(C)S(C)(=O)=O. The smallest absolute Gasteiger partial charge is 0.214 e. The van der Waals surface area contributed by atoms with Crippen LogP contribution in [0.25, 0.3) is 0 Å². The van der Waals surface area contributed by atoms with Crippen molar-refractivity contribution in [3.63, 3.8) is 0 Å². The van der Waals surface area contributed by atoms with Gasteiger partial charge in [0.15, 0.2) is 0 Å². The molecule has 0 spiro atoms. The van der Waals surface area contributed by atoms with E-state index in [1.54, 1.807) is 0 Å². The number of primary amides is 1. The molecule has 1 amide bonds. The molecule has 6 heteroatoms. The molecule has 0 aliphatic carbocycles. The number of sulfonamides is 1. The van der Waals surface area contributed by atoms with Crippen molar-refractivity contribution in [3.05, 3.63) is 0 Å². The molecule has 68 valence electrons. The summed E-state index contributed by atoms with van der Waals surface area (Å²) in [4.78, 5) is 9.22. The van der Waals surface area contributed by atoms with E-state index in [4.69, 9.17) is 0 Å². The van der Waals surface area contributed by atoms with E-state index in [0.717, 1.165) is 10.6 Å². The van der Waals surface area contributed by atoms with E-state index in [1.165, 1.54) is 21.0 Å². The first-order chi connectivity index (χ1) is 4.68. The summed E-state index contributed by atoms with van der Waals surface area (Å²) in [7, 11) is 0.0833. The van der Waals surface area contributed by atoms with Gasteiger partial charge in [-0.3, -0.25) is 4.79 Å². The van der Waals surface area contributed by atoms with Gasteiger partial charge in [-0.05, 0) is 0 Å². The minimum Gasteiger partial charge on any atom is -0.370 e. The van der Waals surface area contributed by atoms with Crippen LogP contribution in [0.1, 0.15) is 6.92 Å². The number of carbonyl (C=O) groups excluding carboxylic acids is 1. The zero-order chi connectivity index (χ0) is 9.65. The maximum absolute atomic E-state index is 10.3. The summed E-state index contributed by atoms with van der Waals surface area (Å²) in [5.74, 6) is -0.333. The van der Waals surface area contributed by atoms with Crippen LogP contribution in [0.2, 0.25) is 0 Å². The van der Waals surface area contributed by atoms with E-state index < -0.39 is 10.0 Å². The predicted molar refractivity (Wildman–Crippen MR) is 43.4 cm³/mol. The summed E-state index contributed by atoms with van der Waals surface area (Å²) in [6, 6.07) is 0. The lowest BCUT2D eigenvalue weighted by Gasteiger charge is -2.02. The molecule has 0 unspecified atom stereocenters. The Morgan fingerprint density at radius 3 is 1.45 bits per heavy atom. The number of nitrogens with two attached hydrogens (primary N) is 1. The van der Waals surface area contributed by atoms with Crippen LogP contribution in [0.4, 0.5) is 0 Å². The molecular weight excluding hydrogens is 168 g/mol.